The Hall–Kier alpha value is -2.39. The van der Waals surface area contributed by atoms with E-state index in [1.807, 2.05) is 36.5 Å². The van der Waals surface area contributed by atoms with Gasteiger partial charge in [-0.25, -0.2) is 4.98 Å². The number of rotatable bonds is 4. The van der Waals surface area contributed by atoms with Gasteiger partial charge in [-0.05, 0) is 22.6 Å². The molecule has 3 rings (SSSR count). The third-order valence-electron chi connectivity index (χ3n) is 3.46. The molecule has 3 heteroatoms. The van der Waals surface area contributed by atoms with Gasteiger partial charge in [-0.2, -0.15) is 0 Å². The molecular formula is C17H17N3. The van der Waals surface area contributed by atoms with Crippen LogP contribution >= 0.6 is 0 Å². The molecule has 3 nitrogen and oxygen atoms in total. The molecule has 0 aliphatic carbocycles. The molecule has 0 aliphatic heterocycles. The van der Waals surface area contributed by atoms with Crippen molar-refractivity contribution in [1.82, 2.24) is 4.98 Å². The van der Waals surface area contributed by atoms with E-state index in [-0.39, 0.29) is 0 Å². The van der Waals surface area contributed by atoms with Crippen molar-refractivity contribution < 1.29 is 0 Å². The maximum atomic E-state index is 5.77. The SMILES string of the molecule is NCc1ccccc1CNc1nccc2ccccc12. The van der Waals surface area contributed by atoms with Crippen LogP contribution in [0.4, 0.5) is 5.82 Å². The predicted molar refractivity (Wildman–Crippen MR) is 83.4 cm³/mol. The number of hydrogen-bond acceptors (Lipinski definition) is 3. The van der Waals surface area contributed by atoms with E-state index in [9.17, 15) is 0 Å². The van der Waals surface area contributed by atoms with Crippen molar-refractivity contribution in [2.75, 3.05) is 5.32 Å². The van der Waals surface area contributed by atoms with E-state index in [4.69, 9.17) is 5.73 Å². The van der Waals surface area contributed by atoms with E-state index in [0.29, 0.717) is 6.54 Å². The monoisotopic (exact) mass is 263 g/mol. The number of fused-ring (bicyclic) bond motifs is 1. The standard InChI is InChI=1S/C17H17N3/c18-11-14-6-1-2-7-15(14)12-20-17-16-8-4-3-5-13(16)9-10-19-17/h1-10H,11-12,18H2,(H,19,20). The van der Waals surface area contributed by atoms with Gasteiger partial charge in [0.2, 0.25) is 0 Å². The molecule has 0 radical (unpaired) electrons. The van der Waals surface area contributed by atoms with Crippen molar-refractivity contribution in [3.8, 4) is 0 Å². The van der Waals surface area contributed by atoms with E-state index in [0.717, 1.165) is 17.7 Å². The fraction of sp³-hybridized carbons (Fsp3) is 0.118. The molecule has 0 atom stereocenters. The van der Waals surface area contributed by atoms with Crippen LogP contribution in [0.5, 0.6) is 0 Å². The fourth-order valence-corrected chi connectivity index (χ4v) is 2.37. The van der Waals surface area contributed by atoms with E-state index in [2.05, 4.69) is 34.6 Å². The second kappa shape index (κ2) is 5.72. The van der Waals surface area contributed by atoms with Crippen LogP contribution in [0.15, 0.2) is 60.8 Å². The summed E-state index contributed by atoms with van der Waals surface area (Å²) in [4.78, 5) is 4.44. The van der Waals surface area contributed by atoms with Crippen molar-refractivity contribution in [3.05, 3.63) is 71.9 Å². The van der Waals surface area contributed by atoms with Gasteiger partial charge in [0.15, 0.2) is 0 Å². The van der Waals surface area contributed by atoms with E-state index >= 15 is 0 Å². The minimum Gasteiger partial charge on any atom is -0.365 e. The van der Waals surface area contributed by atoms with Crippen LogP contribution in [-0.4, -0.2) is 4.98 Å². The van der Waals surface area contributed by atoms with Crippen LogP contribution in [0, 0.1) is 0 Å². The number of nitrogens with one attached hydrogen (secondary N) is 1. The zero-order valence-electron chi connectivity index (χ0n) is 11.2. The lowest BCUT2D eigenvalue weighted by molar-refractivity contribution is 1.00. The summed E-state index contributed by atoms with van der Waals surface area (Å²) in [6.07, 6.45) is 1.83. The molecule has 0 unspecified atom stereocenters. The smallest absolute Gasteiger partial charge is 0.134 e. The first kappa shape index (κ1) is 12.6. The number of anilines is 1. The zero-order valence-corrected chi connectivity index (χ0v) is 11.2. The summed E-state index contributed by atoms with van der Waals surface area (Å²) < 4.78 is 0. The van der Waals surface area contributed by atoms with Crippen molar-refractivity contribution in [2.24, 2.45) is 5.73 Å². The average Bonchev–Trinajstić information content (AvgIpc) is 2.53. The second-order valence-electron chi connectivity index (χ2n) is 4.71. The Bertz CT molecular complexity index is 717. The highest BCUT2D eigenvalue weighted by Crippen LogP contribution is 2.21. The van der Waals surface area contributed by atoms with Gasteiger partial charge in [0.25, 0.3) is 0 Å². The van der Waals surface area contributed by atoms with Gasteiger partial charge < -0.3 is 11.1 Å². The molecule has 3 aromatic rings. The minimum absolute atomic E-state index is 0.556. The van der Waals surface area contributed by atoms with Gasteiger partial charge >= 0.3 is 0 Å². The molecule has 0 spiro atoms. The minimum atomic E-state index is 0.556. The van der Waals surface area contributed by atoms with Gasteiger partial charge in [-0.1, -0.05) is 48.5 Å². The number of benzene rings is 2. The van der Waals surface area contributed by atoms with E-state index in [1.165, 1.54) is 16.5 Å². The maximum Gasteiger partial charge on any atom is 0.134 e. The Balaban J connectivity index is 1.87. The highest BCUT2D eigenvalue weighted by atomic mass is 15.0. The third-order valence-corrected chi connectivity index (χ3v) is 3.46. The Morgan fingerprint density at radius 3 is 2.50 bits per heavy atom. The first-order chi connectivity index (χ1) is 9.88. The molecule has 0 bridgehead atoms. The highest BCUT2D eigenvalue weighted by Gasteiger charge is 2.03. The van der Waals surface area contributed by atoms with Crippen molar-refractivity contribution in [2.45, 2.75) is 13.1 Å². The summed E-state index contributed by atoms with van der Waals surface area (Å²) in [6.45, 7) is 1.29. The molecule has 1 aromatic heterocycles. The number of pyridine rings is 1. The highest BCUT2D eigenvalue weighted by molar-refractivity contribution is 5.91. The Kier molecular flexibility index (Phi) is 3.61. The Labute approximate surface area is 118 Å². The van der Waals surface area contributed by atoms with Crippen molar-refractivity contribution in [3.63, 3.8) is 0 Å². The Morgan fingerprint density at radius 2 is 1.65 bits per heavy atom. The molecule has 0 saturated carbocycles. The molecule has 0 amide bonds. The van der Waals surface area contributed by atoms with Gasteiger partial charge in [-0.15, -0.1) is 0 Å². The second-order valence-corrected chi connectivity index (χ2v) is 4.71. The normalized spacial score (nSPS) is 10.7. The van der Waals surface area contributed by atoms with Gasteiger partial charge in [0.05, 0.1) is 0 Å². The predicted octanol–water partition coefficient (Wildman–Crippen LogP) is 3.31. The number of hydrogen-bond donors (Lipinski definition) is 2. The zero-order chi connectivity index (χ0) is 13.8. The molecular weight excluding hydrogens is 246 g/mol. The van der Waals surface area contributed by atoms with Gasteiger partial charge in [0.1, 0.15) is 5.82 Å². The van der Waals surface area contributed by atoms with E-state index in [1.54, 1.807) is 0 Å². The summed E-state index contributed by atoms with van der Waals surface area (Å²) >= 11 is 0. The topological polar surface area (TPSA) is 50.9 Å². The largest absolute Gasteiger partial charge is 0.365 e. The summed E-state index contributed by atoms with van der Waals surface area (Å²) in [6, 6.07) is 18.5. The molecule has 0 saturated heterocycles. The molecule has 1 heterocycles. The summed E-state index contributed by atoms with van der Waals surface area (Å²) in [5, 5.41) is 5.74. The van der Waals surface area contributed by atoms with Crippen LogP contribution in [0.1, 0.15) is 11.1 Å². The third kappa shape index (κ3) is 2.49. The van der Waals surface area contributed by atoms with Crippen LogP contribution in [0.2, 0.25) is 0 Å². The van der Waals surface area contributed by atoms with Crippen LogP contribution in [-0.2, 0) is 13.1 Å². The van der Waals surface area contributed by atoms with Gasteiger partial charge in [0, 0.05) is 24.7 Å². The van der Waals surface area contributed by atoms with E-state index < -0.39 is 0 Å². The first-order valence-electron chi connectivity index (χ1n) is 6.73. The first-order valence-corrected chi connectivity index (χ1v) is 6.73. The molecule has 2 aromatic carbocycles. The van der Waals surface area contributed by atoms with Crippen LogP contribution in [0.25, 0.3) is 10.8 Å². The van der Waals surface area contributed by atoms with Crippen molar-refractivity contribution >= 4 is 16.6 Å². The number of nitrogens with two attached hydrogens (primary N) is 1. The van der Waals surface area contributed by atoms with Crippen LogP contribution in [0.3, 0.4) is 0 Å². The molecule has 0 aliphatic rings. The van der Waals surface area contributed by atoms with Gasteiger partial charge in [-0.3, -0.25) is 0 Å². The number of aromatic nitrogens is 1. The van der Waals surface area contributed by atoms with Crippen LogP contribution < -0.4 is 11.1 Å². The summed E-state index contributed by atoms with van der Waals surface area (Å²) in [7, 11) is 0. The van der Waals surface area contributed by atoms with Crippen molar-refractivity contribution in [1.29, 1.82) is 0 Å². The summed E-state index contributed by atoms with van der Waals surface area (Å²) in [5.74, 6) is 0.912. The maximum absolute atomic E-state index is 5.77. The fourth-order valence-electron chi connectivity index (χ4n) is 2.37. The quantitative estimate of drug-likeness (QED) is 0.759. The molecule has 20 heavy (non-hydrogen) atoms. The summed E-state index contributed by atoms with van der Waals surface area (Å²) in [5.41, 5.74) is 8.15. The lowest BCUT2D eigenvalue weighted by Crippen LogP contribution is -2.07. The Morgan fingerprint density at radius 1 is 0.900 bits per heavy atom. The average molecular weight is 263 g/mol. The lowest BCUT2D eigenvalue weighted by atomic mass is 10.1. The molecule has 100 valence electrons. The lowest BCUT2D eigenvalue weighted by Gasteiger charge is -2.11. The molecule has 0 fully saturated rings. The molecule has 3 N–H and O–H groups in total. The number of nitrogens with zero attached hydrogens (tertiary/aromatic N) is 1.